The number of carbonyl (C=O) groups is 1. The van der Waals surface area contributed by atoms with Crippen LogP contribution in [0.15, 0.2) is 77.7 Å². The normalized spacial score (nSPS) is 22.3. The van der Waals surface area contributed by atoms with Crippen molar-refractivity contribution in [3.05, 3.63) is 95.6 Å². The minimum Gasteiger partial charge on any atom is -0.440 e. The summed E-state index contributed by atoms with van der Waals surface area (Å²) < 4.78 is 34.7. The summed E-state index contributed by atoms with van der Waals surface area (Å²) in [7, 11) is 0. The van der Waals surface area contributed by atoms with E-state index in [1.807, 2.05) is 49.0 Å². The quantitative estimate of drug-likeness (QED) is 0.164. The Morgan fingerprint density at radius 1 is 1.00 bits per heavy atom. The summed E-state index contributed by atoms with van der Waals surface area (Å²) in [5.41, 5.74) is 2.20. The molecule has 3 fully saturated rings. The van der Waals surface area contributed by atoms with E-state index < -0.39 is 17.7 Å². The predicted molar refractivity (Wildman–Crippen MR) is 148 cm³/mol. The minimum atomic E-state index is -0.922. The molecule has 1 amide bonds. The van der Waals surface area contributed by atoms with Gasteiger partial charge in [-0.25, -0.2) is 13.6 Å². The molecular weight excluding hydrogens is 502 g/mol. The van der Waals surface area contributed by atoms with Crippen LogP contribution in [0.1, 0.15) is 30.4 Å². The monoisotopic (exact) mass is 537 g/mol. The molecule has 0 unspecified atom stereocenters. The Hall–Kier alpha value is -2.90. The summed E-state index contributed by atoms with van der Waals surface area (Å²) in [5.74, 6) is -0.371. The smallest absolute Gasteiger partial charge is 0.415 e. The fourth-order valence-electron chi connectivity index (χ4n) is 5.85. The molecular formula is C31H35F2N2O2S+. The van der Waals surface area contributed by atoms with Crippen molar-refractivity contribution in [2.24, 2.45) is 5.92 Å². The van der Waals surface area contributed by atoms with Gasteiger partial charge in [-0.05, 0) is 54.4 Å². The molecule has 0 saturated carbocycles. The molecule has 7 heteroatoms. The third-order valence-corrected chi connectivity index (χ3v) is 9.04. The fraction of sp³-hybridized carbons (Fsp3) is 0.387. The maximum atomic E-state index is 13.9. The average molecular weight is 538 g/mol. The molecule has 0 radical (unpaired) electrons. The molecule has 200 valence electrons. The number of amides is 1. The number of piperidine rings is 3. The first-order chi connectivity index (χ1) is 18.4. The number of thioether (sulfide) groups is 1. The van der Waals surface area contributed by atoms with Gasteiger partial charge in [-0.1, -0.05) is 36.4 Å². The Kier molecular flexibility index (Phi) is 8.34. The summed E-state index contributed by atoms with van der Waals surface area (Å²) in [6, 6.07) is 21.9. The van der Waals surface area contributed by atoms with Gasteiger partial charge >= 0.3 is 6.09 Å². The van der Waals surface area contributed by atoms with Crippen LogP contribution in [0.5, 0.6) is 0 Å². The van der Waals surface area contributed by atoms with Gasteiger partial charge in [-0.3, -0.25) is 4.90 Å². The number of hydrogen-bond donors (Lipinski definition) is 0. The largest absolute Gasteiger partial charge is 0.440 e. The zero-order chi connectivity index (χ0) is 26.5. The van der Waals surface area contributed by atoms with Gasteiger partial charge < -0.3 is 9.22 Å². The van der Waals surface area contributed by atoms with Gasteiger partial charge in [0.2, 0.25) is 0 Å². The number of benzene rings is 3. The molecule has 3 aromatic carbocycles. The predicted octanol–water partition coefficient (Wildman–Crippen LogP) is 7.21. The molecule has 0 aliphatic carbocycles. The number of nitrogens with zero attached hydrogens (tertiary/aromatic N) is 2. The van der Waals surface area contributed by atoms with E-state index >= 15 is 0 Å². The first-order valence-electron chi connectivity index (χ1n) is 13.4. The van der Waals surface area contributed by atoms with Gasteiger partial charge in [0.1, 0.15) is 6.54 Å². The fourth-order valence-corrected chi connectivity index (χ4v) is 6.71. The van der Waals surface area contributed by atoms with Crippen molar-refractivity contribution in [1.29, 1.82) is 0 Å². The standard InChI is InChI=1S/C31H35F2N2O2S/c1-23-7-5-8-26(19-23)34(21-24-11-12-28(32)29(33)20-24)31(36)37-30-22-35(16-13-25(30)14-17-35)15-6-18-38-27-9-3-2-4-10-27/h2-5,7-12,19-20,25,30H,6,13-18,21-22H2,1H3/q+1/t25?,30-,35?/m0/s1. The highest BCUT2D eigenvalue weighted by Gasteiger charge is 2.47. The Bertz CT molecular complexity index is 1250. The molecule has 6 rings (SSSR count). The second kappa shape index (κ2) is 11.9. The highest BCUT2D eigenvalue weighted by atomic mass is 32.2. The summed E-state index contributed by atoms with van der Waals surface area (Å²) in [4.78, 5) is 16.4. The van der Waals surface area contributed by atoms with Crippen LogP contribution in [-0.2, 0) is 11.3 Å². The van der Waals surface area contributed by atoms with E-state index in [4.69, 9.17) is 4.74 Å². The third kappa shape index (κ3) is 6.38. The van der Waals surface area contributed by atoms with Crippen LogP contribution in [0.3, 0.4) is 0 Å². The van der Waals surface area contributed by atoms with E-state index in [1.165, 1.54) is 15.9 Å². The van der Waals surface area contributed by atoms with Gasteiger partial charge in [-0.2, -0.15) is 0 Å². The van der Waals surface area contributed by atoms with Gasteiger partial charge in [0.25, 0.3) is 0 Å². The van der Waals surface area contributed by atoms with Gasteiger partial charge in [0.05, 0.1) is 26.2 Å². The number of ether oxygens (including phenoxy) is 1. The highest BCUT2D eigenvalue weighted by Crippen LogP contribution is 2.37. The van der Waals surface area contributed by atoms with Crippen molar-refractivity contribution in [3.8, 4) is 0 Å². The van der Waals surface area contributed by atoms with E-state index in [9.17, 15) is 13.6 Å². The molecule has 38 heavy (non-hydrogen) atoms. The molecule has 0 N–H and O–H groups in total. The maximum Gasteiger partial charge on any atom is 0.415 e. The van der Waals surface area contributed by atoms with Crippen LogP contribution < -0.4 is 4.90 Å². The lowest BCUT2D eigenvalue weighted by atomic mass is 9.83. The number of rotatable bonds is 9. The summed E-state index contributed by atoms with van der Waals surface area (Å²) in [6.07, 6.45) is 2.69. The second-order valence-corrected chi connectivity index (χ2v) is 11.8. The number of aryl methyl sites for hydroxylation is 1. The first-order valence-corrected chi connectivity index (χ1v) is 14.4. The van der Waals surface area contributed by atoms with E-state index in [0.717, 1.165) is 73.4 Å². The van der Waals surface area contributed by atoms with Crippen molar-refractivity contribution in [2.75, 3.05) is 36.8 Å². The summed E-state index contributed by atoms with van der Waals surface area (Å²) in [5, 5.41) is 0. The van der Waals surface area contributed by atoms with Gasteiger partial charge in [-0.15, -0.1) is 11.8 Å². The number of halogens is 2. The molecule has 4 nitrogen and oxygen atoms in total. The van der Waals surface area contributed by atoms with Crippen LogP contribution in [0.2, 0.25) is 0 Å². The first kappa shape index (κ1) is 26.7. The molecule has 2 bridgehead atoms. The molecule has 3 saturated heterocycles. The van der Waals surface area contributed by atoms with Crippen LogP contribution >= 0.6 is 11.8 Å². The van der Waals surface area contributed by atoms with E-state index in [1.54, 1.807) is 0 Å². The van der Waals surface area contributed by atoms with Crippen molar-refractivity contribution in [1.82, 2.24) is 0 Å². The van der Waals surface area contributed by atoms with E-state index in [2.05, 4.69) is 24.3 Å². The Morgan fingerprint density at radius 2 is 1.79 bits per heavy atom. The zero-order valence-corrected chi connectivity index (χ0v) is 22.6. The average Bonchev–Trinajstić information content (AvgIpc) is 2.93. The number of fused-ring (bicyclic) bond motifs is 3. The van der Waals surface area contributed by atoms with Gasteiger partial charge in [0, 0.05) is 41.5 Å². The number of anilines is 1. The molecule has 3 aliphatic rings. The lowest BCUT2D eigenvalue weighted by molar-refractivity contribution is -0.946. The number of carbonyl (C=O) groups excluding carboxylic acids is 1. The van der Waals surface area contributed by atoms with Crippen molar-refractivity contribution >= 4 is 23.5 Å². The summed E-state index contributed by atoms with van der Waals surface area (Å²) >= 11 is 1.90. The Balaban J connectivity index is 1.25. The topological polar surface area (TPSA) is 29.5 Å². The van der Waals surface area contributed by atoms with E-state index in [-0.39, 0.29) is 12.6 Å². The molecule has 0 spiro atoms. The van der Waals surface area contributed by atoms with Crippen molar-refractivity contribution in [2.45, 2.75) is 43.7 Å². The van der Waals surface area contributed by atoms with Gasteiger partial charge in [0.15, 0.2) is 17.7 Å². The lowest BCUT2D eigenvalue weighted by Crippen LogP contribution is -2.65. The maximum absolute atomic E-state index is 13.9. The Morgan fingerprint density at radius 3 is 2.53 bits per heavy atom. The molecule has 0 aromatic heterocycles. The SMILES string of the molecule is Cc1cccc(N(Cc2ccc(F)c(F)c2)C(=O)O[C@H]2C[N+]3(CCCSc4ccccc4)CCC2CC3)c1. The zero-order valence-electron chi connectivity index (χ0n) is 21.8. The second-order valence-electron chi connectivity index (χ2n) is 10.6. The Labute approximate surface area is 228 Å². The molecule has 3 heterocycles. The molecule has 3 aliphatic heterocycles. The lowest BCUT2D eigenvalue weighted by Gasteiger charge is -2.52. The summed E-state index contributed by atoms with van der Waals surface area (Å²) in [6.45, 7) is 6.29. The van der Waals surface area contributed by atoms with Crippen LogP contribution in [0.25, 0.3) is 0 Å². The molecule has 1 atom stereocenters. The number of quaternary nitrogens is 1. The van der Waals surface area contributed by atoms with Crippen LogP contribution in [0.4, 0.5) is 19.3 Å². The van der Waals surface area contributed by atoms with Crippen molar-refractivity contribution < 1.29 is 22.8 Å². The highest BCUT2D eigenvalue weighted by molar-refractivity contribution is 7.99. The third-order valence-electron chi connectivity index (χ3n) is 7.94. The van der Waals surface area contributed by atoms with Crippen LogP contribution in [-0.4, -0.2) is 48.6 Å². The minimum absolute atomic E-state index is 0.105. The molecule has 3 aromatic rings. The van der Waals surface area contributed by atoms with Crippen LogP contribution in [0, 0.1) is 24.5 Å². The van der Waals surface area contributed by atoms with Crippen molar-refractivity contribution in [3.63, 3.8) is 0 Å². The number of hydrogen-bond acceptors (Lipinski definition) is 3. The van der Waals surface area contributed by atoms with E-state index in [0.29, 0.717) is 17.2 Å².